The Bertz CT molecular complexity index is 215. The molecule has 2 fully saturated rings. The summed E-state index contributed by atoms with van der Waals surface area (Å²) in [5.41, 5.74) is 5.43. The highest BCUT2D eigenvalue weighted by atomic mass is 15.1. The Kier molecular flexibility index (Phi) is 3.06. The summed E-state index contributed by atoms with van der Waals surface area (Å²) < 4.78 is 0. The molecule has 1 aliphatic carbocycles. The third-order valence-corrected chi connectivity index (χ3v) is 3.77. The van der Waals surface area contributed by atoms with Gasteiger partial charge in [0.25, 0.3) is 0 Å². The average Bonchev–Trinajstić information content (AvgIpc) is 2.17. The smallest absolute Gasteiger partial charge is 0.105 e. The highest BCUT2D eigenvalue weighted by Gasteiger charge is 2.30. The first-order chi connectivity index (χ1) is 6.75. The Labute approximate surface area is 86.2 Å². The molecular formula is C11H21N3. The number of likely N-dealkylation sites (tertiary alicyclic amines) is 1. The van der Waals surface area contributed by atoms with Crippen molar-refractivity contribution in [2.24, 2.45) is 17.6 Å². The van der Waals surface area contributed by atoms with Crippen molar-refractivity contribution in [3.63, 3.8) is 0 Å². The molecule has 1 heterocycles. The van der Waals surface area contributed by atoms with Crippen molar-refractivity contribution in [2.45, 2.75) is 32.1 Å². The molecule has 0 spiro atoms. The molecule has 2 rings (SSSR count). The first-order valence-corrected chi connectivity index (χ1v) is 5.81. The molecule has 1 aliphatic heterocycles. The van der Waals surface area contributed by atoms with E-state index in [4.69, 9.17) is 11.1 Å². The van der Waals surface area contributed by atoms with Gasteiger partial charge in [-0.2, -0.15) is 0 Å². The van der Waals surface area contributed by atoms with Crippen molar-refractivity contribution in [2.75, 3.05) is 19.6 Å². The number of piperidine rings is 1. The third-order valence-electron chi connectivity index (χ3n) is 3.77. The molecule has 14 heavy (non-hydrogen) atoms. The number of fused-ring (bicyclic) bond motifs is 1. The van der Waals surface area contributed by atoms with E-state index in [1.165, 1.54) is 38.6 Å². The van der Waals surface area contributed by atoms with Gasteiger partial charge in [-0.15, -0.1) is 0 Å². The van der Waals surface area contributed by atoms with Gasteiger partial charge in [0.15, 0.2) is 0 Å². The predicted molar refractivity (Wildman–Crippen MR) is 58.4 cm³/mol. The van der Waals surface area contributed by atoms with Gasteiger partial charge in [0.2, 0.25) is 0 Å². The van der Waals surface area contributed by atoms with E-state index in [1.807, 2.05) is 0 Å². The lowest BCUT2D eigenvalue weighted by atomic mass is 9.75. The van der Waals surface area contributed by atoms with Gasteiger partial charge in [-0.25, -0.2) is 0 Å². The molecule has 2 atom stereocenters. The Hall–Kier alpha value is -0.570. The zero-order valence-electron chi connectivity index (χ0n) is 8.84. The maximum Gasteiger partial charge on any atom is 0.105 e. The Morgan fingerprint density at radius 2 is 1.93 bits per heavy atom. The van der Waals surface area contributed by atoms with E-state index in [9.17, 15) is 0 Å². The highest BCUT2D eigenvalue weighted by Crippen LogP contribution is 2.35. The molecule has 0 aromatic rings. The van der Waals surface area contributed by atoms with Crippen molar-refractivity contribution in [1.82, 2.24) is 4.90 Å². The van der Waals surface area contributed by atoms with Crippen LogP contribution in [0.4, 0.5) is 0 Å². The van der Waals surface area contributed by atoms with Crippen molar-refractivity contribution in [1.29, 1.82) is 5.41 Å². The van der Waals surface area contributed by atoms with Gasteiger partial charge in [-0.05, 0) is 31.2 Å². The first-order valence-electron chi connectivity index (χ1n) is 5.81. The summed E-state index contributed by atoms with van der Waals surface area (Å²) in [6.45, 7) is 3.02. The van der Waals surface area contributed by atoms with Gasteiger partial charge in [-0.3, -0.25) is 10.3 Å². The van der Waals surface area contributed by atoms with Gasteiger partial charge in [0.05, 0.1) is 6.54 Å². The van der Waals surface area contributed by atoms with E-state index >= 15 is 0 Å². The fourth-order valence-corrected chi connectivity index (χ4v) is 3.06. The predicted octanol–water partition coefficient (Wildman–Crippen LogP) is 1.43. The first kappa shape index (κ1) is 9.97. The van der Waals surface area contributed by atoms with E-state index in [0.717, 1.165) is 18.4 Å². The van der Waals surface area contributed by atoms with Crippen LogP contribution in [-0.4, -0.2) is 30.4 Å². The van der Waals surface area contributed by atoms with Crippen molar-refractivity contribution < 1.29 is 0 Å². The number of nitrogens with one attached hydrogen (secondary N) is 1. The van der Waals surface area contributed by atoms with E-state index < -0.39 is 0 Å². The number of nitrogens with two attached hydrogens (primary N) is 1. The van der Waals surface area contributed by atoms with Crippen LogP contribution in [0.15, 0.2) is 0 Å². The molecule has 80 valence electrons. The summed E-state index contributed by atoms with van der Waals surface area (Å²) in [6.07, 6.45) is 7.03. The zero-order chi connectivity index (χ0) is 9.97. The van der Waals surface area contributed by atoms with Crippen LogP contribution in [0.25, 0.3) is 0 Å². The normalized spacial score (nSPS) is 33.7. The number of rotatable bonds is 2. The second-order valence-electron chi connectivity index (χ2n) is 4.85. The van der Waals surface area contributed by atoms with Gasteiger partial charge >= 0.3 is 0 Å². The molecule has 2 unspecified atom stereocenters. The largest absolute Gasteiger partial charge is 0.387 e. The van der Waals surface area contributed by atoms with E-state index in [2.05, 4.69) is 4.90 Å². The SMILES string of the molecule is N=C(N)CN1CCC2CCCCC2C1. The summed E-state index contributed by atoms with van der Waals surface area (Å²) in [7, 11) is 0. The molecule has 0 aromatic heterocycles. The topological polar surface area (TPSA) is 53.1 Å². The number of hydrogen-bond donors (Lipinski definition) is 2. The fraction of sp³-hybridized carbons (Fsp3) is 0.909. The number of hydrogen-bond acceptors (Lipinski definition) is 2. The maximum absolute atomic E-state index is 7.30. The Balaban J connectivity index is 1.86. The van der Waals surface area contributed by atoms with Crippen molar-refractivity contribution >= 4 is 5.84 Å². The van der Waals surface area contributed by atoms with Crippen LogP contribution in [0, 0.1) is 17.2 Å². The van der Waals surface area contributed by atoms with E-state index in [1.54, 1.807) is 0 Å². The highest BCUT2D eigenvalue weighted by molar-refractivity contribution is 5.78. The van der Waals surface area contributed by atoms with Crippen LogP contribution < -0.4 is 5.73 Å². The number of nitrogens with zero attached hydrogens (tertiary/aromatic N) is 1. The minimum absolute atomic E-state index is 0.319. The van der Waals surface area contributed by atoms with Gasteiger partial charge in [-0.1, -0.05) is 19.3 Å². The minimum atomic E-state index is 0.319. The van der Waals surface area contributed by atoms with Gasteiger partial charge < -0.3 is 5.73 Å². The molecule has 0 amide bonds. The average molecular weight is 195 g/mol. The molecule has 1 saturated heterocycles. The molecule has 2 aliphatic rings. The molecule has 0 radical (unpaired) electrons. The van der Waals surface area contributed by atoms with Gasteiger partial charge in [0, 0.05) is 6.54 Å². The molecule has 0 aromatic carbocycles. The molecule has 3 N–H and O–H groups in total. The van der Waals surface area contributed by atoms with Crippen molar-refractivity contribution in [3.8, 4) is 0 Å². The Morgan fingerprint density at radius 3 is 2.64 bits per heavy atom. The summed E-state index contributed by atoms with van der Waals surface area (Å²) in [5, 5.41) is 7.30. The van der Waals surface area contributed by atoms with Crippen molar-refractivity contribution in [3.05, 3.63) is 0 Å². The zero-order valence-corrected chi connectivity index (χ0v) is 8.84. The second-order valence-corrected chi connectivity index (χ2v) is 4.85. The lowest BCUT2D eigenvalue weighted by Crippen LogP contribution is -2.44. The summed E-state index contributed by atoms with van der Waals surface area (Å²) in [4.78, 5) is 2.36. The van der Waals surface area contributed by atoms with E-state index in [0.29, 0.717) is 12.4 Å². The Morgan fingerprint density at radius 1 is 1.21 bits per heavy atom. The van der Waals surface area contributed by atoms with Gasteiger partial charge in [0.1, 0.15) is 5.84 Å². The van der Waals surface area contributed by atoms with Crippen LogP contribution in [-0.2, 0) is 0 Å². The lowest BCUT2D eigenvalue weighted by Gasteiger charge is -2.41. The maximum atomic E-state index is 7.30. The second kappa shape index (κ2) is 4.30. The quantitative estimate of drug-likeness (QED) is 0.517. The summed E-state index contributed by atoms with van der Waals surface area (Å²) in [5.74, 6) is 2.20. The molecule has 1 saturated carbocycles. The van der Waals surface area contributed by atoms with Crippen LogP contribution in [0.2, 0.25) is 0 Å². The monoisotopic (exact) mass is 195 g/mol. The summed E-state index contributed by atoms with van der Waals surface area (Å²) >= 11 is 0. The van der Waals surface area contributed by atoms with Crippen LogP contribution in [0.5, 0.6) is 0 Å². The fourth-order valence-electron chi connectivity index (χ4n) is 3.06. The van der Waals surface area contributed by atoms with E-state index in [-0.39, 0.29) is 0 Å². The third kappa shape index (κ3) is 2.27. The molecule has 0 bridgehead atoms. The lowest BCUT2D eigenvalue weighted by molar-refractivity contribution is 0.0975. The molecular weight excluding hydrogens is 174 g/mol. The number of amidine groups is 1. The minimum Gasteiger partial charge on any atom is -0.387 e. The molecule has 3 heteroatoms. The van der Waals surface area contributed by atoms with Crippen LogP contribution >= 0.6 is 0 Å². The standard InChI is InChI=1S/C11H21N3/c12-11(13)8-14-6-5-9-3-1-2-4-10(9)7-14/h9-10H,1-8H2,(H3,12,13). The van der Waals surface area contributed by atoms with Crippen LogP contribution in [0.3, 0.4) is 0 Å². The van der Waals surface area contributed by atoms with Crippen LogP contribution in [0.1, 0.15) is 32.1 Å². The summed E-state index contributed by atoms with van der Waals surface area (Å²) in [6, 6.07) is 0. The molecule has 3 nitrogen and oxygen atoms in total.